The lowest BCUT2D eigenvalue weighted by Gasteiger charge is -2.44. The summed E-state index contributed by atoms with van der Waals surface area (Å²) in [6.45, 7) is 5.03. The van der Waals surface area contributed by atoms with E-state index in [1.165, 1.54) is 49.4 Å². The van der Waals surface area contributed by atoms with Crippen molar-refractivity contribution < 1.29 is 4.79 Å². The van der Waals surface area contributed by atoms with Gasteiger partial charge in [0.25, 0.3) is 0 Å². The molecule has 1 aliphatic heterocycles. The molecule has 0 spiro atoms. The Morgan fingerprint density at radius 3 is 2.85 bits per heavy atom. The molecular weight excluding hydrogens is 358 g/mol. The van der Waals surface area contributed by atoms with E-state index in [0.717, 1.165) is 24.2 Å². The highest BCUT2D eigenvalue weighted by molar-refractivity contribution is 7.99. The number of benzene rings is 1. The number of piperidine rings is 1. The molecule has 1 aromatic carbocycles. The highest BCUT2D eigenvalue weighted by Crippen LogP contribution is 2.35. The van der Waals surface area contributed by atoms with Crippen LogP contribution in [0.15, 0.2) is 23.4 Å². The van der Waals surface area contributed by atoms with E-state index < -0.39 is 0 Å². The fourth-order valence-electron chi connectivity index (χ4n) is 4.61. The fraction of sp³-hybridized carbons (Fsp3) is 0.600. The molecule has 2 atom stereocenters. The van der Waals surface area contributed by atoms with Gasteiger partial charge in [0.1, 0.15) is 0 Å². The Balaban J connectivity index is 1.45. The van der Waals surface area contributed by atoms with Crippen LogP contribution in [-0.4, -0.2) is 49.4 Å². The summed E-state index contributed by atoms with van der Waals surface area (Å²) in [7, 11) is 0. The zero-order valence-corrected chi connectivity index (χ0v) is 16.9. The SMILES string of the molecule is Cc1ccc(-n2nnnc2SCC(=O)N2CCC[C@H]3CCCC[C@H]32)c(C)c1. The van der Waals surface area contributed by atoms with E-state index in [1.54, 1.807) is 4.68 Å². The predicted octanol–water partition coefficient (Wildman–Crippen LogP) is 3.55. The van der Waals surface area contributed by atoms with Crippen molar-refractivity contribution in [2.24, 2.45) is 5.92 Å². The number of aryl methyl sites for hydroxylation is 2. The van der Waals surface area contributed by atoms with Gasteiger partial charge in [0.2, 0.25) is 11.1 Å². The number of rotatable bonds is 4. The lowest BCUT2D eigenvalue weighted by Crippen LogP contribution is -2.50. The predicted molar refractivity (Wildman–Crippen MR) is 106 cm³/mol. The van der Waals surface area contributed by atoms with Crippen LogP contribution in [0, 0.1) is 19.8 Å². The van der Waals surface area contributed by atoms with E-state index in [4.69, 9.17) is 0 Å². The van der Waals surface area contributed by atoms with Crippen molar-refractivity contribution in [1.29, 1.82) is 0 Å². The average molecular weight is 386 g/mol. The van der Waals surface area contributed by atoms with E-state index in [-0.39, 0.29) is 5.91 Å². The topological polar surface area (TPSA) is 63.9 Å². The van der Waals surface area contributed by atoms with Crippen LogP contribution in [0.4, 0.5) is 0 Å². The number of tetrazole rings is 1. The number of carbonyl (C=O) groups is 1. The van der Waals surface area contributed by atoms with Crippen LogP contribution < -0.4 is 0 Å². The molecule has 4 rings (SSSR count). The van der Waals surface area contributed by atoms with Gasteiger partial charge in [0.05, 0.1) is 11.4 Å². The number of amides is 1. The Bertz CT molecular complexity index is 818. The summed E-state index contributed by atoms with van der Waals surface area (Å²) < 4.78 is 1.74. The molecule has 1 amide bonds. The summed E-state index contributed by atoms with van der Waals surface area (Å²) >= 11 is 1.44. The molecule has 1 saturated heterocycles. The van der Waals surface area contributed by atoms with Crippen molar-refractivity contribution in [3.8, 4) is 5.69 Å². The first-order valence-electron chi connectivity index (χ1n) is 9.92. The fourth-order valence-corrected chi connectivity index (χ4v) is 5.38. The van der Waals surface area contributed by atoms with Crippen molar-refractivity contribution >= 4 is 17.7 Å². The number of fused-ring (bicyclic) bond motifs is 1. The number of hydrogen-bond acceptors (Lipinski definition) is 5. The summed E-state index contributed by atoms with van der Waals surface area (Å²) in [5.74, 6) is 1.34. The van der Waals surface area contributed by atoms with Gasteiger partial charge in [-0.3, -0.25) is 4.79 Å². The average Bonchev–Trinajstić information content (AvgIpc) is 3.14. The molecule has 2 aliphatic rings. The van der Waals surface area contributed by atoms with Gasteiger partial charge in [-0.15, -0.1) is 5.10 Å². The van der Waals surface area contributed by atoms with Gasteiger partial charge < -0.3 is 4.90 Å². The molecule has 144 valence electrons. The first-order chi connectivity index (χ1) is 13.1. The number of nitrogens with zero attached hydrogens (tertiary/aromatic N) is 5. The van der Waals surface area contributed by atoms with Gasteiger partial charge in [-0.05, 0) is 67.5 Å². The highest BCUT2D eigenvalue weighted by atomic mass is 32.2. The molecule has 0 N–H and O–H groups in total. The van der Waals surface area contributed by atoms with Gasteiger partial charge in [0.15, 0.2) is 0 Å². The van der Waals surface area contributed by atoms with Crippen LogP contribution in [0.1, 0.15) is 49.7 Å². The Kier molecular flexibility index (Phi) is 5.48. The largest absolute Gasteiger partial charge is 0.339 e. The van der Waals surface area contributed by atoms with Gasteiger partial charge in [-0.1, -0.05) is 42.3 Å². The normalized spacial score (nSPS) is 22.5. The van der Waals surface area contributed by atoms with Crippen molar-refractivity contribution in [1.82, 2.24) is 25.1 Å². The lowest BCUT2D eigenvalue weighted by atomic mass is 9.78. The molecule has 2 heterocycles. The van der Waals surface area contributed by atoms with Gasteiger partial charge in [0, 0.05) is 12.6 Å². The maximum atomic E-state index is 12.9. The number of aromatic nitrogens is 4. The molecule has 1 aromatic heterocycles. The third-order valence-corrected chi connectivity index (χ3v) is 6.81. The van der Waals surface area contributed by atoms with E-state index in [0.29, 0.717) is 22.9 Å². The molecule has 27 heavy (non-hydrogen) atoms. The molecule has 1 aliphatic carbocycles. The number of carbonyl (C=O) groups excluding carboxylic acids is 1. The summed E-state index contributed by atoms with van der Waals surface area (Å²) in [5, 5.41) is 12.8. The molecular formula is C20H27N5OS. The first kappa shape index (κ1) is 18.5. The molecule has 7 heteroatoms. The molecule has 2 fully saturated rings. The highest BCUT2D eigenvalue weighted by Gasteiger charge is 2.35. The summed E-state index contributed by atoms with van der Waals surface area (Å²) in [5.41, 5.74) is 3.29. The van der Waals surface area contributed by atoms with Gasteiger partial charge >= 0.3 is 0 Å². The van der Waals surface area contributed by atoms with Crippen LogP contribution in [0.3, 0.4) is 0 Å². The second-order valence-corrected chi connectivity index (χ2v) is 8.74. The van der Waals surface area contributed by atoms with Crippen molar-refractivity contribution in [3.05, 3.63) is 29.3 Å². The van der Waals surface area contributed by atoms with E-state index in [9.17, 15) is 4.79 Å². The molecule has 0 bridgehead atoms. The minimum absolute atomic E-state index is 0.228. The quantitative estimate of drug-likeness (QED) is 0.753. The lowest BCUT2D eigenvalue weighted by molar-refractivity contribution is -0.134. The Hall–Kier alpha value is -1.89. The maximum Gasteiger partial charge on any atom is 0.233 e. The minimum Gasteiger partial charge on any atom is -0.339 e. The standard InChI is InChI=1S/C20H27N5OS/c1-14-9-10-17(15(2)12-14)25-20(21-22-23-25)27-13-19(26)24-11-5-7-16-6-3-4-8-18(16)24/h9-10,12,16,18H,3-8,11,13H2,1-2H3/t16-,18-/m1/s1. The summed E-state index contributed by atoms with van der Waals surface area (Å²) in [4.78, 5) is 15.1. The third kappa shape index (κ3) is 3.88. The van der Waals surface area contributed by atoms with E-state index in [2.05, 4.69) is 46.4 Å². The second-order valence-electron chi connectivity index (χ2n) is 7.79. The Labute approximate surface area is 164 Å². The number of hydrogen-bond donors (Lipinski definition) is 0. The zero-order valence-electron chi connectivity index (χ0n) is 16.1. The van der Waals surface area contributed by atoms with Gasteiger partial charge in [-0.2, -0.15) is 4.68 Å². The minimum atomic E-state index is 0.228. The number of likely N-dealkylation sites (tertiary alicyclic amines) is 1. The Morgan fingerprint density at radius 2 is 2.00 bits per heavy atom. The monoisotopic (exact) mass is 385 g/mol. The van der Waals surface area contributed by atoms with E-state index >= 15 is 0 Å². The summed E-state index contributed by atoms with van der Waals surface area (Å²) in [6, 6.07) is 6.66. The third-order valence-electron chi connectivity index (χ3n) is 5.91. The van der Waals surface area contributed by atoms with Gasteiger partial charge in [-0.25, -0.2) is 0 Å². The smallest absolute Gasteiger partial charge is 0.233 e. The molecule has 0 radical (unpaired) electrons. The van der Waals surface area contributed by atoms with Crippen molar-refractivity contribution in [2.75, 3.05) is 12.3 Å². The molecule has 1 saturated carbocycles. The van der Waals surface area contributed by atoms with Crippen molar-refractivity contribution in [3.63, 3.8) is 0 Å². The van der Waals surface area contributed by atoms with Crippen LogP contribution in [0.2, 0.25) is 0 Å². The second kappa shape index (κ2) is 8.00. The van der Waals surface area contributed by atoms with E-state index in [1.807, 2.05) is 6.07 Å². The molecule has 6 nitrogen and oxygen atoms in total. The molecule has 0 unspecified atom stereocenters. The summed E-state index contributed by atoms with van der Waals surface area (Å²) in [6.07, 6.45) is 7.45. The van der Waals surface area contributed by atoms with Crippen LogP contribution in [0.5, 0.6) is 0 Å². The first-order valence-corrected chi connectivity index (χ1v) is 10.9. The van der Waals surface area contributed by atoms with Crippen molar-refractivity contribution in [2.45, 2.75) is 63.6 Å². The van der Waals surface area contributed by atoms with Crippen LogP contribution in [0.25, 0.3) is 5.69 Å². The van der Waals surface area contributed by atoms with Crippen LogP contribution in [-0.2, 0) is 4.79 Å². The number of thioether (sulfide) groups is 1. The molecule has 2 aromatic rings. The zero-order chi connectivity index (χ0) is 18.8. The van der Waals surface area contributed by atoms with Crippen LogP contribution >= 0.6 is 11.8 Å². The maximum absolute atomic E-state index is 12.9. The Morgan fingerprint density at radius 1 is 1.19 bits per heavy atom.